The number of carboxylic acid groups (broad SMARTS) is 1. The number of rotatable bonds is 4. The molecule has 0 aromatic carbocycles. The molecule has 3 aromatic heterocycles. The third-order valence-corrected chi connectivity index (χ3v) is 6.19. The molecule has 0 spiro atoms. The second-order valence-electron chi connectivity index (χ2n) is 7.95. The number of nitrogens with zero attached hydrogens (tertiary/aromatic N) is 4. The molecule has 3 aromatic rings. The number of hydrogen-bond donors (Lipinski definition) is 1. The third kappa shape index (κ3) is 2.79. The van der Waals surface area contributed by atoms with E-state index in [-0.39, 0.29) is 5.69 Å². The van der Waals surface area contributed by atoms with Crippen LogP contribution in [0.5, 0.6) is 0 Å². The highest BCUT2D eigenvalue weighted by Gasteiger charge is 2.35. The third-order valence-electron chi connectivity index (χ3n) is 6.19. The molecular weight excluding hydrogens is 352 g/mol. The Morgan fingerprint density at radius 2 is 2.14 bits per heavy atom. The number of carbonyl (C=O) groups is 1. The molecule has 6 heteroatoms. The fraction of sp³-hybridized carbons (Fsp3) is 0.409. The minimum atomic E-state index is -0.988. The Bertz CT molecular complexity index is 1050. The van der Waals surface area contributed by atoms with Crippen molar-refractivity contribution in [1.82, 2.24) is 19.4 Å². The van der Waals surface area contributed by atoms with Gasteiger partial charge >= 0.3 is 5.97 Å². The van der Waals surface area contributed by atoms with Crippen molar-refractivity contribution in [2.45, 2.75) is 45.2 Å². The molecule has 0 amide bonds. The average Bonchev–Trinajstić information content (AvgIpc) is 3.28. The summed E-state index contributed by atoms with van der Waals surface area (Å²) in [4.78, 5) is 22.5. The van der Waals surface area contributed by atoms with Crippen LogP contribution in [0.3, 0.4) is 0 Å². The maximum absolute atomic E-state index is 11.0. The first-order chi connectivity index (χ1) is 13.6. The van der Waals surface area contributed by atoms with Gasteiger partial charge in [-0.25, -0.2) is 14.8 Å². The highest BCUT2D eigenvalue weighted by molar-refractivity contribution is 5.85. The van der Waals surface area contributed by atoms with E-state index >= 15 is 0 Å². The van der Waals surface area contributed by atoms with Gasteiger partial charge in [0.1, 0.15) is 11.3 Å². The van der Waals surface area contributed by atoms with Gasteiger partial charge in [0.15, 0.2) is 0 Å². The average molecular weight is 376 g/mol. The molecule has 0 saturated carbocycles. The van der Waals surface area contributed by atoms with Gasteiger partial charge in [0.2, 0.25) is 0 Å². The molecule has 6 nitrogen and oxygen atoms in total. The number of fused-ring (bicyclic) bond motifs is 5. The maximum atomic E-state index is 11.0. The van der Waals surface area contributed by atoms with E-state index in [1.165, 1.54) is 41.6 Å². The van der Waals surface area contributed by atoms with Gasteiger partial charge in [0.05, 0.1) is 0 Å². The molecule has 2 aliphatic heterocycles. The zero-order valence-electron chi connectivity index (χ0n) is 16.1. The molecule has 0 radical (unpaired) electrons. The quantitative estimate of drug-likeness (QED) is 0.756. The first kappa shape index (κ1) is 17.4. The summed E-state index contributed by atoms with van der Waals surface area (Å²) in [6.45, 7) is 5.28. The smallest absolute Gasteiger partial charge is 0.354 e. The molecular formula is C22H24N4O2. The highest BCUT2D eigenvalue weighted by atomic mass is 16.4. The minimum Gasteiger partial charge on any atom is -0.477 e. The topological polar surface area (TPSA) is 71.2 Å². The number of aryl methyl sites for hydroxylation is 3. The van der Waals surface area contributed by atoms with Crippen LogP contribution < -0.4 is 0 Å². The second kappa shape index (κ2) is 6.71. The predicted octanol–water partition coefficient (Wildman–Crippen LogP) is 3.37. The summed E-state index contributed by atoms with van der Waals surface area (Å²) >= 11 is 0. The van der Waals surface area contributed by atoms with Crippen molar-refractivity contribution in [1.29, 1.82) is 0 Å². The van der Waals surface area contributed by atoms with Gasteiger partial charge in [-0.1, -0.05) is 6.07 Å². The summed E-state index contributed by atoms with van der Waals surface area (Å²) in [5, 5.41) is 10.3. The van der Waals surface area contributed by atoms with Crippen LogP contribution >= 0.6 is 0 Å². The van der Waals surface area contributed by atoms with Crippen LogP contribution in [-0.4, -0.2) is 43.6 Å². The fourth-order valence-electron chi connectivity index (χ4n) is 4.90. The first-order valence-electron chi connectivity index (χ1n) is 10.0. The van der Waals surface area contributed by atoms with Crippen molar-refractivity contribution in [3.05, 3.63) is 58.7 Å². The molecule has 28 heavy (non-hydrogen) atoms. The van der Waals surface area contributed by atoms with Crippen LogP contribution in [0, 0.1) is 6.92 Å². The van der Waals surface area contributed by atoms with Gasteiger partial charge < -0.3 is 9.67 Å². The Balaban J connectivity index is 1.52. The Kier molecular flexibility index (Phi) is 4.16. The van der Waals surface area contributed by atoms with Gasteiger partial charge in [-0.3, -0.25) is 4.90 Å². The molecule has 144 valence electrons. The van der Waals surface area contributed by atoms with E-state index in [2.05, 4.69) is 27.4 Å². The molecule has 1 N–H and O–H groups in total. The first-order valence-corrected chi connectivity index (χ1v) is 10.0. The van der Waals surface area contributed by atoms with Gasteiger partial charge in [-0.15, -0.1) is 0 Å². The van der Waals surface area contributed by atoms with Crippen LogP contribution in [0.25, 0.3) is 11.0 Å². The molecule has 5 heterocycles. The lowest BCUT2D eigenvalue weighted by molar-refractivity contribution is 0.0690. The monoisotopic (exact) mass is 376 g/mol. The predicted molar refractivity (Wildman–Crippen MR) is 107 cm³/mol. The maximum Gasteiger partial charge on any atom is 0.354 e. The van der Waals surface area contributed by atoms with E-state index < -0.39 is 5.97 Å². The van der Waals surface area contributed by atoms with Gasteiger partial charge in [0.25, 0.3) is 0 Å². The zero-order chi connectivity index (χ0) is 19.3. The van der Waals surface area contributed by atoms with Crippen LogP contribution in [-0.2, 0) is 19.4 Å². The van der Waals surface area contributed by atoms with Crippen LogP contribution in [0.4, 0.5) is 0 Å². The van der Waals surface area contributed by atoms with E-state index in [0.717, 1.165) is 37.1 Å². The van der Waals surface area contributed by atoms with Crippen molar-refractivity contribution in [3.63, 3.8) is 0 Å². The standard InChI is InChI=1S/C22H24N4O2/c1-14-11-16-20-18-3-2-8-25(18)9-7-19(20)26(21(16)24-12-14)10-6-15-4-5-17(22(27)28)23-13-15/h4-5,11-13,18H,2-3,6-10H2,1H3,(H,27,28). The van der Waals surface area contributed by atoms with Crippen molar-refractivity contribution < 1.29 is 9.90 Å². The van der Waals surface area contributed by atoms with Crippen molar-refractivity contribution in [2.24, 2.45) is 0 Å². The SMILES string of the molecule is Cc1cnc2c(c1)c1c(n2CCc2ccc(C(=O)O)nc2)CCN2CCCC12. The molecule has 1 saturated heterocycles. The summed E-state index contributed by atoms with van der Waals surface area (Å²) in [7, 11) is 0. The number of pyridine rings is 2. The van der Waals surface area contributed by atoms with E-state index in [1.54, 1.807) is 12.3 Å². The van der Waals surface area contributed by atoms with E-state index in [4.69, 9.17) is 10.1 Å². The molecule has 0 bridgehead atoms. The summed E-state index contributed by atoms with van der Waals surface area (Å²) in [6.07, 6.45) is 8.03. The highest BCUT2D eigenvalue weighted by Crippen LogP contribution is 2.42. The zero-order valence-corrected chi connectivity index (χ0v) is 16.1. The largest absolute Gasteiger partial charge is 0.477 e. The molecule has 2 aliphatic rings. The summed E-state index contributed by atoms with van der Waals surface area (Å²) in [5.41, 5.74) is 6.35. The number of aromatic carboxylic acids is 1. The van der Waals surface area contributed by atoms with Crippen LogP contribution in [0.1, 0.15) is 51.8 Å². The summed E-state index contributed by atoms with van der Waals surface area (Å²) in [6, 6.07) is 6.28. The van der Waals surface area contributed by atoms with Crippen molar-refractivity contribution >= 4 is 17.0 Å². The van der Waals surface area contributed by atoms with Crippen molar-refractivity contribution in [3.8, 4) is 0 Å². The van der Waals surface area contributed by atoms with Crippen molar-refractivity contribution in [2.75, 3.05) is 13.1 Å². The Labute approximate surface area is 163 Å². The Hall–Kier alpha value is -2.73. The number of carboxylic acids is 1. The van der Waals surface area contributed by atoms with Crippen LogP contribution in [0.2, 0.25) is 0 Å². The van der Waals surface area contributed by atoms with E-state index in [0.29, 0.717) is 6.04 Å². The number of hydrogen-bond acceptors (Lipinski definition) is 4. The normalized spacial score (nSPS) is 19.0. The fourth-order valence-corrected chi connectivity index (χ4v) is 4.90. The van der Waals surface area contributed by atoms with Crippen LogP contribution in [0.15, 0.2) is 30.6 Å². The van der Waals surface area contributed by atoms with E-state index in [1.807, 2.05) is 12.3 Å². The molecule has 1 unspecified atom stereocenters. The summed E-state index contributed by atoms with van der Waals surface area (Å²) < 4.78 is 2.39. The summed E-state index contributed by atoms with van der Waals surface area (Å²) in [5.74, 6) is -0.988. The van der Waals surface area contributed by atoms with Gasteiger partial charge in [-0.2, -0.15) is 0 Å². The second-order valence-corrected chi connectivity index (χ2v) is 7.95. The minimum absolute atomic E-state index is 0.0889. The Morgan fingerprint density at radius 3 is 2.93 bits per heavy atom. The molecule has 0 aliphatic carbocycles. The molecule has 1 atom stereocenters. The lowest BCUT2D eigenvalue weighted by Gasteiger charge is -2.31. The lowest BCUT2D eigenvalue weighted by atomic mass is 9.96. The lowest BCUT2D eigenvalue weighted by Crippen LogP contribution is -2.31. The molecule has 1 fully saturated rings. The Morgan fingerprint density at radius 1 is 1.25 bits per heavy atom. The molecule has 5 rings (SSSR count). The number of aromatic nitrogens is 3. The van der Waals surface area contributed by atoms with Gasteiger partial charge in [-0.05, 0) is 61.6 Å². The van der Waals surface area contributed by atoms with E-state index in [9.17, 15) is 4.79 Å². The van der Waals surface area contributed by atoms with Gasteiger partial charge in [0, 0.05) is 49.0 Å².